The maximum atomic E-state index is 11.5. The molecule has 7 nitrogen and oxygen atoms in total. The predicted molar refractivity (Wildman–Crippen MR) is 105 cm³/mol. The number of carbonyl (C=O) groups is 1. The summed E-state index contributed by atoms with van der Waals surface area (Å²) in [6.45, 7) is 3.90. The van der Waals surface area contributed by atoms with Gasteiger partial charge in [0.15, 0.2) is 11.5 Å². The standard InChI is InChI=1S/C20H17ClN4O3/c1-3-4-16-18(20(26)27)22-24-25(16)17-10-14-15(9-11(17)2)23-28-19(14)12-5-7-13(21)8-6-12/h5-10H,3-4H2,1-2H3,(H,26,27). The third-order valence-electron chi connectivity index (χ3n) is 4.58. The molecule has 0 aliphatic heterocycles. The zero-order chi connectivity index (χ0) is 19.8. The van der Waals surface area contributed by atoms with E-state index in [0.717, 1.165) is 28.6 Å². The van der Waals surface area contributed by atoms with Crippen LogP contribution in [0, 0.1) is 6.92 Å². The number of hydrogen-bond acceptors (Lipinski definition) is 5. The van der Waals surface area contributed by atoms with E-state index in [9.17, 15) is 9.90 Å². The smallest absolute Gasteiger partial charge is 0.358 e. The summed E-state index contributed by atoms with van der Waals surface area (Å²) in [5, 5.41) is 23.0. The van der Waals surface area contributed by atoms with E-state index < -0.39 is 5.97 Å². The largest absolute Gasteiger partial charge is 0.476 e. The molecule has 0 unspecified atom stereocenters. The molecule has 0 aliphatic carbocycles. The Hall–Kier alpha value is -3.19. The van der Waals surface area contributed by atoms with Crippen molar-refractivity contribution in [2.24, 2.45) is 0 Å². The molecule has 4 aromatic rings. The topological polar surface area (TPSA) is 94.0 Å². The Labute approximate surface area is 165 Å². The molecule has 0 saturated heterocycles. The summed E-state index contributed by atoms with van der Waals surface area (Å²) in [5.41, 5.74) is 3.74. The van der Waals surface area contributed by atoms with Crippen LogP contribution in [0.4, 0.5) is 0 Å². The summed E-state index contributed by atoms with van der Waals surface area (Å²) in [6.07, 6.45) is 1.33. The molecule has 4 rings (SSSR count). The van der Waals surface area contributed by atoms with Crippen LogP contribution in [0.1, 0.15) is 35.1 Å². The lowest BCUT2D eigenvalue weighted by Crippen LogP contribution is -2.08. The van der Waals surface area contributed by atoms with E-state index in [2.05, 4.69) is 15.5 Å². The molecule has 8 heteroatoms. The van der Waals surface area contributed by atoms with Crippen molar-refractivity contribution in [3.05, 3.63) is 58.4 Å². The molecule has 2 aromatic carbocycles. The maximum absolute atomic E-state index is 11.5. The summed E-state index contributed by atoms with van der Waals surface area (Å²) in [6, 6.07) is 11.1. The molecule has 28 heavy (non-hydrogen) atoms. The molecule has 2 aromatic heterocycles. The Morgan fingerprint density at radius 3 is 2.68 bits per heavy atom. The second kappa shape index (κ2) is 7.09. The summed E-state index contributed by atoms with van der Waals surface area (Å²) in [5.74, 6) is -0.469. The summed E-state index contributed by atoms with van der Waals surface area (Å²) in [4.78, 5) is 11.5. The quantitative estimate of drug-likeness (QED) is 0.526. The van der Waals surface area contributed by atoms with Gasteiger partial charge in [-0.15, -0.1) is 5.10 Å². The van der Waals surface area contributed by atoms with Crippen LogP contribution in [0.5, 0.6) is 0 Å². The highest BCUT2D eigenvalue weighted by Crippen LogP contribution is 2.32. The van der Waals surface area contributed by atoms with Crippen LogP contribution in [0.3, 0.4) is 0 Å². The Balaban J connectivity index is 1.91. The second-order valence-electron chi connectivity index (χ2n) is 6.53. The van der Waals surface area contributed by atoms with Crippen molar-refractivity contribution in [1.29, 1.82) is 0 Å². The average Bonchev–Trinajstić information content (AvgIpc) is 3.26. The molecule has 1 N–H and O–H groups in total. The molecule has 0 fully saturated rings. The number of hydrogen-bond donors (Lipinski definition) is 1. The van der Waals surface area contributed by atoms with Crippen LogP contribution < -0.4 is 0 Å². The summed E-state index contributed by atoms with van der Waals surface area (Å²) >= 11 is 5.98. The highest BCUT2D eigenvalue weighted by molar-refractivity contribution is 6.30. The van der Waals surface area contributed by atoms with Gasteiger partial charge in [0.05, 0.1) is 16.8 Å². The molecule has 0 spiro atoms. The van der Waals surface area contributed by atoms with Gasteiger partial charge in [0.2, 0.25) is 0 Å². The van der Waals surface area contributed by atoms with E-state index in [1.807, 2.05) is 38.1 Å². The van der Waals surface area contributed by atoms with Gasteiger partial charge in [-0.05, 0) is 55.3 Å². The minimum atomic E-state index is -1.08. The summed E-state index contributed by atoms with van der Waals surface area (Å²) < 4.78 is 7.17. The van der Waals surface area contributed by atoms with Crippen molar-refractivity contribution >= 4 is 28.5 Å². The van der Waals surface area contributed by atoms with Crippen molar-refractivity contribution in [3.63, 3.8) is 0 Å². The van der Waals surface area contributed by atoms with Gasteiger partial charge < -0.3 is 9.63 Å². The number of carboxylic acid groups (broad SMARTS) is 1. The maximum Gasteiger partial charge on any atom is 0.358 e. The van der Waals surface area contributed by atoms with Gasteiger partial charge in [-0.3, -0.25) is 0 Å². The summed E-state index contributed by atoms with van der Waals surface area (Å²) in [7, 11) is 0. The Bertz CT molecular complexity index is 1180. The highest BCUT2D eigenvalue weighted by Gasteiger charge is 2.21. The fraction of sp³-hybridized carbons (Fsp3) is 0.200. The van der Waals surface area contributed by atoms with Gasteiger partial charge in [-0.25, -0.2) is 9.48 Å². The van der Waals surface area contributed by atoms with Gasteiger partial charge in [0, 0.05) is 10.6 Å². The van der Waals surface area contributed by atoms with Crippen molar-refractivity contribution < 1.29 is 14.4 Å². The third kappa shape index (κ3) is 3.03. The first-order valence-corrected chi connectivity index (χ1v) is 9.21. The van der Waals surface area contributed by atoms with Crippen LogP contribution in [0.15, 0.2) is 40.9 Å². The van der Waals surface area contributed by atoms with E-state index in [1.54, 1.807) is 16.8 Å². The van der Waals surface area contributed by atoms with E-state index in [0.29, 0.717) is 28.4 Å². The predicted octanol–water partition coefficient (Wildman–Crippen LogP) is 4.69. The van der Waals surface area contributed by atoms with E-state index in [1.165, 1.54) is 0 Å². The highest BCUT2D eigenvalue weighted by atomic mass is 35.5. The Kier molecular flexibility index (Phi) is 4.60. The van der Waals surface area contributed by atoms with Crippen LogP contribution in [-0.2, 0) is 6.42 Å². The van der Waals surface area contributed by atoms with Crippen LogP contribution in [0.2, 0.25) is 5.02 Å². The molecule has 0 radical (unpaired) electrons. The molecule has 0 atom stereocenters. The van der Waals surface area contributed by atoms with Crippen molar-refractivity contribution in [3.8, 4) is 17.0 Å². The van der Waals surface area contributed by atoms with Crippen LogP contribution in [0.25, 0.3) is 27.9 Å². The van der Waals surface area contributed by atoms with E-state index in [-0.39, 0.29) is 5.69 Å². The molecular formula is C20H17ClN4O3. The second-order valence-corrected chi connectivity index (χ2v) is 6.96. The van der Waals surface area contributed by atoms with Gasteiger partial charge in [0.25, 0.3) is 0 Å². The number of halogens is 1. The monoisotopic (exact) mass is 396 g/mol. The van der Waals surface area contributed by atoms with Gasteiger partial charge >= 0.3 is 5.97 Å². The molecule has 142 valence electrons. The molecule has 0 amide bonds. The SMILES string of the molecule is CCCc1c(C(=O)O)nnn1-c1cc2c(-c3ccc(Cl)cc3)onc2cc1C. The number of carboxylic acids is 1. The average molecular weight is 397 g/mol. The van der Waals surface area contributed by atoms with E-state index in [4.69, 9.17) is 16.1 Å². The van der Waals surface area contributed by atoms with Gasteiger partial charge in [-0.2, -0.15) is 0 Å². The lowest BCUT2D eigenvalue weighted by atomic mass is 10.1. The molecule has 0 bridgehead atoms. The molecule has 0 aliphatic rings. The van der Waals surface area contributed by atoms with Crippen LogP contribution >= 0.6 is 11.6 Å². The number of aromatic carboxylic acids is 1. The Morgan fingerprint density at radius 2 is 2.00 bits per heavy atom. The lowest BCUT2D eigenvalue weighted by molar-refractivity contribution is 0.0689. The van der Waals surface area contributed by atoms with Crippen molar-refractivity contribution in [2.75, 3.05) is 0 Å². The van der Waals surface area contributed by atoms with Crippen LogP contribution in [-0.4, -0.2) is 31.2 Å². The minimum absolute atomic E-state index is 0.0235. The number of fused-ring (bicyclic) bond motifs is 1. The van der Waals surface area contributed by atoms with Gasteiger partial charge in [0.1, 0.15) is 5.52 Å². The number of rotatable bonds is 5. The zero-order valence-corrected chi connectivity index (χ0v) is 16.1. The Morgan fingerprint density at radius 1 is 1.25 bits per heavy atom. The first-order chi connectivity index (χ1) is 13.5. The number of nitrogens with zero attached hydrogens (tertiary/aromatic N) is 4. The normalized spacial score (nSPS) is 11.2. The lowest BCUT2D eigenvalue weighted by Gasteiger charge is -2.09. The number of aryl methyl sites for hydroxylation is 1. The minimum Gasteiger partial charge on any atom is -0.476 e. The third-order valence-corrected chi connectivity index (χ3v) is 4.83. The van der Waals surface area contributed by atoms with Gasteiger partial charge in [-0.1, -0.05) is 35.3 Å². The van der Waals surface area contributed by atoms with Crippen molar-refractivity contribution in [2.45, 2.75) is 26.7 Å². The number of benzene rings is 2. The molecule has 0 saturated carbocycles. The first-order valence-electron chi connectivity index (χ1n) is 8.83. The zero-order valence-electron chi connectivity index (χ0n) is 15.3. The van der Waals surface area contributed by atoms with Crippen molar-refractivity contribution in [1.82, 2.24) is 20.2 Å². The first kappa shape index (κ1) is 18.2. The molecule has 2 heterocycles. The fourth-order valence-electron chi connectivity index (χ4n) is 3.24. The van der Waals surface area contributed by atoms with E-state index >= 15 is 0 Å². The number of aromatic nitrogens is 4. The molecular weight excluding hydrogens is 380 g/mol. The fourth-order valence-corrected chi connectivity index (χ4v) is 3.37.